The smallest absolute Gasteiger partial charge is 0.140 e. The molecule has 0 saturated heterocycles. The molecular formula is C16H12BrFN2. The first-order valence-electron chi connectivity index (χ1n) is 6.24. The second-order valence-electron chi connectivity index (χ2n) is 4.48. The molecule has 4 heteroatoms. The second-order valence-corrected chi connectivity index (χ2v) is 5.40. The van der Waals surface area contributed by atoms with Crippen molar-refractivity contribution in [2.24, 2.45) is 0 Å². The second kappa shape index (κ2) is 5.59. The van der Waals surface area contributed by atoms with Crippen LogP contribution >= 0.6 is 15.9 Å². The van der Waals surface area contributed by atoms with Crippen LogP contribution in [0.15, 0.2) is 65.4 Å². The van der Waals surface area contributed by atoms with E-state index < -0.39 is 0 Å². The van der Waals surface area contributed by atoms with Gasteiger partial charge in [-0.3, -0.25) is 0 Å². The minimum absolute atomic E-state index is 0.216. The maximum absolute atomic E-state index is 13.9. The van der Waals surface area contributed by atoms with Crippen LogP contribution < -0.4 is 0 Å². The van der Waals surface area contributed by atoms with E-state index in [4.69, 9.17) is 0 Å². The van der Waals surface area contributed by atoms with Crippen molar-refractivity contribution in [2.45, 2.75) is 6.54 Å². The molecule has 2 nitrogen and oxygen atoms in total. The van der Waals surface area contributed by atoms with E-state index >= 15 is 0 Å². The van der Waals surface area contributed by atoms with Crippen molar-refractivity contribution in [2.75, 3.05) is 0 Å². The predicted molar refractivity (Wildman–Crippen MR) is 80.9 cm³/mol. The molecule has 0 fully saturated rings. The van der Waals surface area contributed by atoms with Crippen LogP contribution in [0.1, 0.15) is 5.56 Å². The zero-order valence-electron chi connectivity index (χ0n) is 10.6. The molecule has 0 saturated carbocycles. The zero-order chi connectivity index (χ0) is 13.9. The quantitative estimate of drug-likeness (QED) is 0.691. The third kappa shape index (κ3) is 2.65. The number of benzene rings is 2. The topological polar surface area (TPSA) is 17.8 Å². The molecule has 100 valence electrons. The van der Waals surface area contributed by atoms with Crippen LogP contribution in [-0.2, 0) is 6.54 Å². The Morgan fingerprint density at radius 2 is 1.90 bits per heavy atom. The lowest BCUT2D eigenvalue weighted by molar-refractivity contribution is 0.599. The molecule has 1 heterocycles. The maximum Gasteiger partial charge on any atom is 0.140 e. The van der Waals surface area contributed by atoms with Crippen LogP contribution in [0.4, 0.5) is 4.39 Å². The minimum atomic E-state index is -0.216. The number of halogens is 2. The summed E-state index contributed by atoms with van der Waals surface area (Å²) in [5.74, 6) is 0.625. The van der Waals surface area contributed by atoms with Crippen LogP contribution in [0.5, 0.6) is 0 Å². The third-order valence-electron chi connectivity index (χ3n) is 3.10. The van der Waals surface area contributed by atoms with E-state index in [9.17, 15) is 4.39 Å². The Hall–Kier alpha value is -1.94. The van der Waals surface area contributed by atoms with E-state index in [0.29, 0.717) is 12.1 Å². The van der Waals surface area contributed by atoms with Gasteiger partial charge in [0.2, 0.25) is 0 Å². The van der Waals surface area contributed by atoms with Crippen LogP contribution in [0.2, 0.25) is 0 Å². The monoisotopic (exact) mass is 330 g/mol. The number of imidazole rings is 1. The minimum Gasteiger partial charge on any atom is -0.326 e. The molecule has 0 bridgehead atoms. The zero-order valence-corrected chi connectivity index (χ0v) is 12.2. The Labute approximate surface area is 125 Å². The summed E-state index contributed by atoms with van der Waals surface area (Å²) in [7, 11) is 0. The molecule has 2 aromatic carbocycles. The highest BCUT2D eigenvalue weighted by molar-refractivity contribution is 9.10. The largest absolute Gasteiger partial charge is 0.326 e. The SMILES string of the molecule is Fc1cc(Br)ccc1Cn1ccnc1-c1ccccc1. The first kappa shape index (κ1) is 13.1. The van der Waals surface area contributed by atoms with Crippen molar-refractivity contribution >= 4 is 15.9 Å². The first-order chi connectivity index (χ1) is 9.74. The number of hydrogen-bond acceptors (Lipinski definition) is 1. The summed E-state index contributed by atoms with van der Waals surface area (Å²) in [6.45, 7) is 0.462. The molecule has 3 aromatic rings. The summed E-state index contributed by atoms with van der Waals surface area (Å²) < 4.78 is 16.6. The Morgan fingerprint density at radius 1 is 1.10 bits per heavy atom. The lowest BCUT2D eigenvalue weighted by Gasteiger charge is -2.09. The molecule has 3 rings (SSSR count). The summed E-state index contributed by atoms with van der Waals surface area (Å²) in [5, 5.41) is 0. The van der Waals surface area contributed by atoms with Crippen molar-refractivity contribution in [1.29, 1.82) is 0 Å². The van der Waals surface area contributed by atoms with Gasteiger partial charge in [-0.05, 0) is 12.1 Å². The molecule has 0 N–H and O–H groups in total. The molecule has 0 aliphatic heterocycles. The molecule has 1 aromatic heterocycles. The highest BCUT2D eigenvalue weighted by Gasteiger charge is 2.08. The van der Waals surface area contributed by atoms with Crippen molar-refractivity contribution in [3.05, 3.63) is 76.8 Å². The van der Waals surface area contributed by atoms with Crippen LogP contribution in [-0.4, -0.2) is 9.55 Å². The molecular weight excluding hydrogens is 319 g/mol. The number of aromatic nitrogens is 2. The van der Waals surface area contributed by atoms with Gasteiger partial charge in [0.05, 0.1) is 6.54 Å². The van der Waals surface area contributed by atoms with Gasteiger partial charge in [-0.1, -0.05) is 52.3 Å². The Kier molecular flexibility index (Phi) is 3.65. The van der Waals surface area contributed by atoms with Crippen molar-refractivity contribution < 1.29 is 4.39 Å². The van der Waals surface area contributed by atoms with E-state index in [2.05, 4.69) is 20.9 Å². The Bertz CT molecular complexity index is 722. The highest BCUT2D eigenvalue weighted by atomic mass is 79.9. The van der Waals surface area contributed by atoms with Gasteiger partial charge in [0.1, 0.15) is 11.6 Å². The first-order valence-corrected chi connectivity index (χ1v) is 7.04. The van der Waals surface area contributed by atoms with E-state index in [1.807, 2.05) is 47.2 Å². The molecule has 20 heavy (non-hydrogen) atoms. The molecule has 0 aliphatic rings. The molecule has 0 unspecified atom stereocenters. The van der Waals surface area contributed by atoms with Gasteiger partial charge in [0.15, 0.2) is 0 Å². The van der Waals surface area contributed by atoms with Crippen LogP contribution in [0.3, 0.4) is 0 Å². The lowest BCUT2D eigenvalue weighted by Crippen LogP contribution is -2.03. The number of rotatable bonds is 3. The standard InChI is InChI=1S/C16H12BrFN2/c17-14-7-6-13(15(18)10-14)11-20-9-8-19-16(20)12-4-2-1-3-5-12/h1-10H,11H2. The molecule has 0 aliphatic carbocycles. The summed E-state index contributed by atoms with van der Waals surface area (Å²) in [5.41, 5.74) is 1.67. The molecule has 0 atom stereocenters. The number of hydrogen-bond donors (Lipinski definition) is 0. The van der Waals surface area contributed by atoms with Crippen molar-refractivity contribution in [3.8, 4) is 11.4 Å². The third-order valence-corrected chi connectivity index (χ3v) is 3.60. The molecule has 0 amide bonds. The average molecular weight is 331 g/mol. The van der Waals surface area contributed by atoms with Gasteiger partial charge >= 0.3 is 0 Å². The van der Waals surface area contributed by atoms with Gasteiger partial charge in [0, 0.05) is 28.0 Å². The fourth-order valence-corrected chi connectivity index (χ4v) is 2.45. The van der Waals surface area contributed by atoms with E-state index in [0.717, 1.165) is 15.9 Å². The van der Waals surface area contributed by atoms with Crippen LogP contribution in [0, 0.1) is 5.82 Å². The Balaban J connectivity index is 1.95. The average Bonchev–Trinajstić information content (AvgIpc) is 2.91. The molecule has 0 spiro atoms. The number of nitrogens with zero attached hydrogens (tertiary/aromatic N) is 2. The van der Waals surface area contributed by atoms with Gasteiger partial charge < -0.3 is 4.57 Å². The maximum atomic E-state index is 13.9. The predicted octanol–water partition coefficient (Wildman–Crippen LogP) is 4.50. The van der Waals surface area contributed by atoms with E-state index in [1.165, 1.54) is 6.07 Å². The van der Waals surface area contributed by atoms with E-state index in [-0.39, 0.29) is 5.82 Å². The summed E-state index contributed by atoms with van der Waals surface area (Å²) in [6, 6.07) is 15.0. The van der Waals surface area contributed by atoms with Gasteiger partial charge in [-0.15, -0.1) is 0 Å². The van der Waals surface area contributed by atoms with Gasteiger partial charge in [-0.2, -0.15) is 0 Å². The fraction of sp³-hybridized carbons (Fsp3) is 0.0625. The molecule has 0 radical (unpaired) electrons. The normalized spacial score (nSPS) is 10.7. The van der Waals surface area contributed by atoms with Crippen molar-refractivity contribution in [3.63, 3.8) is 0 Å². The fourth-order valence-electron chi connectivity index (χ4n) is 2.12. The summed E-state index contributed by atoms with van der Waals surface area (Å²) in [6.07, 6.45) is 3.60. The van der Waals surface area contributed by atoms with Gasteiger partial charge in [-0.25, -0.2) is 9.37 Å². The summed E-state index contributed by atoms with van der Waals surface area (Å²) >= 11 is 3.27. The van der Waals surface area contributed by atoms with Gasteiger partial charge in [0.25, 0.3) is 0 Å². The highest BCUT2D eigenvalue weighted by Crippen LogP contribution is 2.20. The van der Waals surface area contributed by atoms with Crippen molar-refractivity contribution in [1.82, 2.24) is 9.55 Å². The summed E-state index contributed by atoms with van der Waals surface area (Å²) in [4.78, 5) is 4.36. The lowest BCUT2D eigenvalue weighted by atomic mass is 10.2. The van der Waals surface area contributed by atoms with Crippen LogP contribution in [0.25, 0.3) is 11.4 Å². The van der Waals surface area contributed by atoms with E-state index in [1.54, 1.807) is 12.3 Å². The Morgan fingerprint density at radius 3 is 2.65 bits per heavy atom.